The fraction of sp³-hybridized carbons (Fsp3) is 0.263. The van der Waals surface area contributed by atoms with Crippen molar-refractivity contribution in [1.29, 1.82) is 0 Å². The molecule has 0 spiro atoms. The molecule has 0 aliphatic carbocycles. The Morgan fingerprint density at radius 1 is 1.00 bits per heavy atom. The molecule has 1 amide bonds. The van der Waals surface area contributed by atoms with Crippen LogP contribution >= 0.6 is 0 Å². The molecule has 1 heterocycles. The highest BCUT2D eigenvalue weighted by Gasteiger charge is 2.52. The van der Waals surface area contributed by atoms with Crippen molar-refractivity contribution in [2.45, 2.75) is 32.0 Å². The second-order valence-corrected chi connectivity index (χ2v) is 6.81. The molecule has 0 saturated carbocycles. The van der Waals surface area contributed by atoms with Gasteiger partial charge in [0.05, 0.1) is 5.56 Å². The zero-order chi connectivity index (χ0) is 17.4. The van der Waals surface area contributed by atoms with Crippen molar-refractivity contribution in [2.24, 2.45) is 0 Å². The number of carbonyl (C=O) groups excluding carboxylic acids is 2. The van der Waals surface area contributed by atoms with Gasteiger partial charge in [-0.15, -0.1) is 0 Å². The van der Waals surface area contributed by atoms with Gasteiger partial charge in [0, 0.05) is 16.8 Å². The summed E-state index contributed by atoms with van der Waals surface area (Å²) in [6.45, 7) is 5.64. The molecule has 2 N–H and O–H groups in total. The van der Waals surface area contributed by atoms with Crippen LogP contribution in [0.2, 0.25) is 0 Å². The summed E-state index contributed by atoms with van der Waals surface area (Å²) in [5.74, 6) is -0.921. The van der Waals surface area contributed by atoms with Gasteiger partial charge >= 0.3 is 5.97 Å². The van der Waals surface area contributed by atoms with E-state index in [1.807, 2.05) is 51.1 Å². The molecule has 0 aromatic heterocycles. The Hall–Kier alpha value is -2.82. The monoisotopic (exact) mass is 324 g/mol. The SMILES string of the molecule is CC(C)(C)NC(=O)C1(Nc2ccccc2)OC(=O)c2ccccc21. The van der Waals surface area contributed by atoms with Crippen LogP contribution in [0.1, 0.15) is 36.7 Å². The summed E-state index contributed by atoms with van der Waals surface area (Å²) in [6, 6.07) is 16.1. The van der Waals surface area contributed by atoms with Crippen LogP contribution in [0.3, 0.4) is 0 Å². The Labute approximate surface area is 141 Å². The third kappa shape index (κ3) is 2.85. The molecule has 1 atom stereocenters. The van der Waals surface area contributed by atoms with Gasteiger partial charge in [0.1, 0.15) is 0 Å². The first kappa shape index (κ1) is 16.1. The van der Waals surface area contributed by atoms with Crippen molar-refractivity contribution in [3.8, 4) is 0 Å². The van der Waals surface area contributed by atoms with Gasteiger partial charge in [0.2, 0.25) is 0 Å². The number of nitrogens with one attached hydrogen (secondary N) is 2. The van der Waals surface area contributed by atoms with Crippen molar-refractivity contribution >= 4 is 17.6 Å². The van der Waals surface area contributed by atoms with Gasteiger partial charge in [-0.25, -0.2) is 4.79 Å². The Kier molecular flexibility index (Phi) is 3.79. The maximum absolute atomic E-state index is 13.0. The van der Waals surface area contributed by atoms with Crippen molar-refractivity contribution in [3.63, 3.8) is 0 Å². The number of para-hydroxylation sites is 1. The van der Waals surface area contributed by atoms with E-state index in [9.17, 15) is 9.59 Å². The number of carbonyl (C=O) groups is 2. The maximum Gasteiger partial charge on any atom is 0.341 e. The number of ether oxygens (including phenoxy) is 1. The van der Waals surface area contributed by atoms with E-state index in [2.05, 4.69) is 10.6 Å². The van der Waals surface area contributed by atoms with E-state index >= 15 is 0 Å². The smallest absolute Gasteiger partial charge is 0.341 e. The second kappa shape index (κ2) is 5.67. The summed E-state index contributed by atoms with van der Waals surface area (Å²) in [6.07, 6.45) is 0. The Balaban J connectivity index is 2.09. The van der Waals surface area contributed by atoms with Crippen LogP contribution in [-0.2, 0) is 15.3 Å². The van der Waals surface area contributed by atoms with Crippen LogP contribution in [0.15, 0.2) is 54.6 Å². The average Bonchev–Trinajstić information content (AvgIpc) is 2.81. The lowest BCUT2D eigenvalue weighted by Crippen LogP contribution is -2.55. The largest absolute Gasteiger partial charge is 0.421 e. The Bertz CT molecular complexity index is 781. The number of cyclic esters (lactones) is 1. The lowest BCUT2D eigenvalue weighted by molar-refractivity contribution is -0.139. The minimum atomic E-state index is -1.58. The summed E-state index contributed by atoms with van der Waals surface area (Å²) < 4.78 is 5.57. The Morgan fingerprint density at radius 3 is 2.29 bits per heavy atom. The van der Waals surface area contributed by atoms with E-state index in [0.717, 1.165) is 0 Å². The van der Waals surface area contributed by atoms with E-state index in [4.69, 9.17) is 4.74 Å². The molecule has 0 bridgehead atoms. The number of hydrogen-bond donors (Lipinski definition) is 2. The average molecular weight is 324 g/mol. The molecule has 0 fully saturated rings. The summed E-state index contributed by atoms with van der Waals surface area (Å²) in [5, 5.41) is 6.01. The molecule has 0 saturated heterocycles. The van der Waals surface area contributed by atoms with Gasteiger partial charge in [0.15, 0.2) is 0 Å². The molecular formula is C19H20N2O3. The lowest BCUT2D eigenvalue weighted by atomic mass is 9.97. The number of amides is 1. The normalized spacial score (nSPS) is 19.4. The summed E-state index contributed by atoms with van der Waals surface area (Å²) in [4.78, 5) is 25.3. The van der Waals surface area contributed by atoms with Crippen molar-refractivity contribution in [1.82, 2.24) is 5.32 Å². The molecule has 1 aliphatic heterocycles. The van der Waals surface area contributed by atoms with E-state index in [1.54, 1.807) is 24.3 Å². The number of rotatable bonds is 3. The predicted molar refractivity (Wildman–Crippen MR) is 91.5 cm³/mol. The Morgan fingerprint density at radius 2 is 1.62 bits per heavy atom. The van der Waals surface area contributed by atoms with Crippen LogP contribution in [-0.4, -0.2) is 17.4 Å². The molecule has 3 rings (SSSR count). The maximum atomic E-state index is 13.0. The molecular weight excluding hydrogens is 304 g/mol. The molecule has 5 nitrogen and oxygen atoms in total. The number of anilines is 1. The molecule has 0 radical (unpaired) electrons. The van der Waals surface area contributed by atoms with E-state index < -0.39 is 23.1 Å². The fourth-order valence-electron chi connectivity index (χ4n) is 2.69. The standard InChI is InChI=1S/C19H20N2O3/c1-18(2,3)21-17(23)19(20-13-9-5-4-6-10-13)15-12-8-7-11-14(15)16(22)24-19/h4-12,20H,1-3H3,(H,21,23). The van der Waals surface area contributed by atoms with Crippen molar-refractivity contribution in [3.05, 3.63) is 65.7 Å². The van der Waals surface area contributed by atoms with E-state index in [-0.39, 0.29) is 0 Å². The number of fused-ring (bicyclic) bond motifs is 1. The van der Waals surface area contributed by atoms with Crippen molar-refractivity contribution < 1.29 is 14.3 Å². The third-order valence-electron chi connectivity index (χ3n) is 3.67. The van der Waals surface area contributed by atoms with Crippen LogP contribution in [0.25, 0.3) is 0 Å². The summed E-state index contributed by atoms with van der Waals surface area (Å²) in [5.41, 5.74) is -0.453. The lowest BCUT2D eigenvalue weighted by Gasteiger charge is -2.33. The number of benzene rings is 2. The zero-order valence-electron chi connectivity index (χ0n) is 13.9. The quantitative estimate of drug-likeness (QED) is 0.852. The molecule has 1 aliphatic rings. The highest BCUT2D eigenvalue weighted by atomic mass is 16.6. The molecule has 1 unspecified atom stereocenters. The van der Waals surface area contributed by atoms with E-state index in [1.165, 1.54) is 0 Å². The number of hydrogen-bond acceptors (Lipinski definition) is 4. The summed E-state index contributed by atoms with van der Waals surface area (Å²) >= 11 is 0. The van der Waals surface area contributed by atoms with Gasteiger partial charge < -0.3 is 15.4 Å². The van der Waals surface area contributed by atoms with Crippen molar-refractivity contribution in [2.75, 3.05) is 5.32 Å². The second-order valence-electron chi connectivity index (χ2n) is 6.81. The topological polar surface area (TPSA) is 67.4 Å². The first-order valence-electron chi connectivity index (χ1n) is 7.80. The third-order valence-corrected chi connectivity index (χ3v) is 3.67. The van der Waals surface area contributed by atoms with E-state index in [0.29, 0.717) is 16.8 Å². The van der Waals surface area contributed by atoms with Gasteiger partial charge in [-0.3, -0.25) is 4.79 Å². The van der Waals surface area contributed by atoms with Gasteiger partial charge in [-0.1, -0.05) is 36.4 Å². The zero-order valence-corrected chi connectivity index (χ0v) is 13.9. The van der Waals surface area contributed by atoms with Crippen LogP contribution in [0.5, 0.6) is 0 Å². The summed E-state index contributed by atoms with van der Waals surface area (Å²) in [7, 11) is 0. The molecule has 2 aromatic rings. The number of esters is 1. The fourth-order valence-corrected chi connectivity index (χ4v) is 2.69. The van der Waals surface area contributed by atoms with Gasteiger partial charge in [-0.05, 0) is 39.0 Å². The first-order valence-corrected chi connectivity index (χ1v) is 7.80. The molecule has 2 aromatic carbocycles. The van der Waals surface area contributed by atoms with Crippen LogP contribution < -0.4 is 10.6 Å². The highest BCUT2D eigenvalue weighted by molar-refractivity contribution is 6.03. The van der Waals surface area contributed by atoms with Crippen LogP contribution in [0, 0.1) is 0 Å². The van der Waals surface area contributed by atoms with Gasteiger partial charge in [0.25, 0.3) is 11.6 Å². The van der Waals surface area contributed by atoms with Crippen LogP contribution in [0.4, 0.5) is 5.69 Å². The molecule has 5 heteroatoms. The molecule has 24 heavy (non-hydrogen) atoms. The van der Waals surface area contributed by atoms with Gasteiger partial charge in [-0.2, -0.15) is 0 Å². The predicted octanol–water partition coefficient (Wildman–Crippen LogP) is 3.04. The minimum Gasteiger partial charge on any atom is -0.421 e. The first-order chi connectivity index (χ1) is 11.3. The minimum absolute atomic E-state index is 0.394. The molecule has 124 valence electrons. The highest BCUT2D eigenvalue weighted by Crippen LogP contribution is 2.38.